The van der Waals surface area contributed by atoms with E-state index in [0.717, 1.165) is 57.8 Å². The molecule has 0 aromatic carbocycles. The average molecular weight is 1300 g/mol. The minimum absolute atomic E-state index is 0.0156. The van der Waals surface area contributed by atoms with E-state index in [1.165, 1.54) is 321 Å². The van der Waals surface area contributed by atoms with E-state index >= 15 is 0 Å². The molecule has 11 nitrogen and oxygen atoms in total. The Morgan fingerprint density at radius 3 is 1.10 bits per heavy atom. The first-order valence-electron chi connectivity index (χ1n) is 40.3. The standard InChI is InChI=1S/C81H153NO10/c1-3-5-7-9-11-13-15-16-17-18-36-40-43-46-49-53-57-61-65-69-77(86)90-70-66-62-58-54-50-47-44-41-38-35-33-31-29-27-25-23-21-19-20-22-24-26-28-30-32-34-37-39-42-45-48-52-56-60-64-68-76(85)82-73(72-91-81-80(89)79(88)78(87)75(71-83)92-81)74(84)67-63-59-55-51-14-12-10-8-6-4-2/h21,23,27,29,63,67,73-75,78-81,83-84,87-89H,3-20,22,24-26,28,30-62,64-66,68-72H2,1-2H3,(H,82,85)/b23-21-,29-27-,67-63+. The number of allylic oxidation sites excluding steroid dienone is 5. The molecule has 7 atom stereocenters. The van der Waals surface area contributed by atoms with Crippen molar-refractivity contribution in [2.24, 2.45) is 0 Å². The van der Waals surface area contributed by atoms with Gasteiger partial charge in [-0.25, -0.2) is 0 Å². The summed E-state index contributed by atoms with van der Waals surface area (Å²) >= 11 is 0. The highest BCUT2D eigenvalue weighted by Crippen LogP contribution is 2.24. The summed E-state index contributed by atoms with van der Waals surface area (Å²) in [6, 6.07) is -0.807. The van der Waals surface area contributed by atoms with Crippen molar-refractivity contribution in [3.05, 3.63) is 36.5 Å². The van der Waals surface area contributed by atoms with Gasteiger partial charge in [0.2, 0.25) is 5.91 Å². The van der Waals surface area contributed by atoms with Crippen molar-refractivity contribution in [3.63, 3.8) is 0 Å². The number of aliphatic hydroxyl groups is 5. The lowest BCUT2D eigenvalue weighted by molar-refractivity contribution is -0.302. The number of unbranched alkanes of at least 4 members (excludes halogenated alkanes) is 54. The van der Waals surface area contributed by atoms with Gasteiger partial charge in [0.25, 0.3) is 0 Å². The molecule has 0 aromatic rings. The van der Waals surface area contributed by atoms with Gasteiger partial charge in [-0.1, -0.05) is 365 Å². The molecule has 1 saturated heterocycles. The van der Waals surface area contributed by atoms with Gasteiger partial charge in [0.05, 0.1) is 32.0 Å². The van der Waals surface area contributed by atoms with Crippen molar-refractivity contribution in [1.82, 2.24) is 5.32 Å². The van der Waals surface area contributed by atoms with Crippen molar-refractivity contribution in [2.45, 2.75) is 448 Å². The third-order valence-electron chi connectivity index (χ3n) is 19.2. The predicted octanol–water partition coefficient (Wildman–Crippen LogP) is 21.7. The minimum atomic E-state index is -1.57. The second-order valence-electron chi connectivity index (χ2n) is 28.1. The number of amides is 1. The molecule has 0 spiro atoms. The maximum absolute atomic E-state index is 13.0. The number of carbonyl (C=O) groups is 2. The molecule has 1 rings (SSSR count). The summed E-state index contributed by atoms with van der Waals surface area (Å²) in [6.07, 6.45) is 81.9. The molecule has 0 aliphatic carbocycles. The Morgan fingerprint density at radius 2 is 0.728 bits per heavy atom. The van der Waals surface area contributed by atoms with Gasteiger partial charge >= 0.3 is 5.97 Å². The van der Waals surface area contributed by atoms with Gasteiger partial charge < -0.3 is 45.1 Å². The molecule has 92 heavy (non-hydrogen) atoms. The van der Waals surface area contributed by atoms with Gasteiger partial charge in [0, 0.05) is 12.8 Å². The van der Waals surface area contributed by atoms with E-state index in [1.807, 2.05) is 6.08 Å². The minimum Gasteiger partial charge on any atom is -0.466 e. The van der Waals surface area contributed by atoms with Gasteiger partial charge in [-0.2, -0.15) is 0 Å². The second-order valence-corrected chi connectivity index (χ2v) is 28.1. The molecule has 0 saturated carbocycles. The van der Waals surface area contributed by atoms with Crippen LogP contribution in [0.1, 0.15) is 406 Å². The lowest BCUT2D eigenvalue weighted by Gasteiger charge is -2.40. The maximum Gasteiger partial charge on any atom is 0.305 e. The Kier molecular flexibility index (Phi) is 67.1. The molecule has 7 unspecified atom stereocenters. The first-order chi connectivity index (χ1) is 45.2. The smallest absolute Gasteiger partial charge is 0.305 e. The maximum atomic E-state index is 13.0. The molecular weight excluding hydrogens is 1150 g/mol. The zero-order chi connectivity index (χ0) is 66.5. The van der Waals surface area contributed by atoms with E-state index in [0.29, 0.717) is 19.4 Å². The Hall–Kier alpha value is -2.12. The Bertz CT molecular complexity index is 1620. The second kappa shape index (κ2) is 70.2. The lowest BCUT2D eigenvalue weighted by atomic mass is 9.99. The average Bonchev–Trinajstić information content (AvgIpc) is 0.979. The highest BCUT2D eigenvalue weighted by atomic mass is 16.7. The Labute approximate surface area is 568 Å². The van der Waals surface area contributed by atoms with Gasteiger partial charge in [-0.15, -0.1) is 0 Å². The number of nitrogens with one attached hydrogen (secondary N) is 1. The fourth-order valence-electron chi connectivity index (χ4n) is 12.9. The van der Waals surface area contributed by atoms with Crippen molar-refractivity contribution in [1.29, 1.82) is 0 Å². The summed E-state index contributed by atoms with van der Waals surface area (Å²) in [4.78, 5) is 25.2. The van der Waals surface area contributed by atoms with E-state index < -0.39 is 49.5 Å². The lowest BCUT2D eigenvalue weighted by Crippen LogP contribution is -2.60. The molecule has 542 valence electrons. The van der Waals surface area contributed by atoms with Crippen LogP contribution < -0.4 is 5.32 Å². The van der Waals surface area contributed by atoms with Crippen LogP contribution in [0, 0.1) is 0 Å². The summed E-state index contributed by atoms with van der Waals surface area (Å²) in [5.41, 5.74) is 0. The number of hydrogen-bond donors (Lipinski definition) is 6. The summed E-state index contributed by atoms with van der Waals surface area (Å²) in [5.74, 6) is -0.163. The van der Waals surface area contributed by atoms with Crippen LogP contribution in [-0.4, -0.2) is 100 Å². The Morgan fingerprint density at radius 1 is 0.402 bits per heavy atom. The highest BCUT2D eigenvalue weighted by molar-refractivity contribution is 5.76. The van der Waals surface area contributed by atoms with E-state index in [1.54, 1.807) is 6.08 Å². The summed E-state index contributed by atoms with van der Waals surface area (Å²) in [5, 5.41) is 54.4. The molecule has 1 aliphatic rings. The predicted molar refractivity (Wildman–Crippen MR) is 389 cm³/mol. The van der Waals surface area contributed by atoms with Crippen LogP contribution in [0.5, 0.6) is 0 Å². The Balaban J connectivity index is 1.87. The van der Waals surface area contributed by atoms with Gasteiger partial charge in [-0.3, -0.25) is 9.59 Å². The number of esters is 1. The molecule has 1 heterocycles. The van der Waals surface area contributed by atoms with E-state index in [-0.39, 0.29) is 18.5 Å². The fourth-order valence-corrected chi connectivity index (χ4v) is 12.9. The van der Waals surface area contributed by atoms with Gasteiger partial charge in [0.1, 0.15) is 24.4 Å². The third kappa shape index (κ3) is 58.1. The quantitative estimate of drug-likeness (QED) is 0.0195. The van der Waals surface area contributed by atoms with Crippen LogP contribution in [0.15, 0.2) is 36.5 Å². The molecule has 1 amide bonds. The molecule has 1 fully saturated rings. The first-order valence-corrected chi connectivity index (χ1v) is 40.3. The van der Waals surface area contributed by atoms with Crippen LogP contribution in [0.4, 0.5) is 0 Å². The van der Waals surface area contributed by atoms with Crippen LogP contribution >= 0.6 is 0 Å². The third-order valence-corrected chi connectivity index (χ3v) is 19.2. The van der Waals surface area contributed by atoms with Gasteiger partial charge in [0.15, 0.2) is 6.29 Å². The van der Waals surface area contributed by atoms with E-state index in [9.17, 15) is 35.1 Å². The van der Waals surface area contributed by atoms with Crippen molar-refractivity contribution < 1.29 is 49.3 Å². The number of aliphatic hydroxyl groups excluding tert-OH is 5. The number of ether oxygens (including phenoxy) is 3. The topological polar surface area (TPSA) is 175 Å². The van der Waals surface area contributed by atoms with E-state index in [4.69, 9.17) is 14.2 Å². The van der Waals surface area contributed by atoms with Crippen molar-refractivity contribution >= 4 is 11.9 Å². The first kappa shape index (κ1) is 87.9. The van der Waals surface area contributed by atoms with Crippen LogP contribution in [0.3, 0.4) is 0 Å². The molecule has 0 aromatic heterocycles. The van der Waals surface area contributed by atoms with Crippen LogP contribution in [-0.2, 0) is 23.8 Å². The molecule has 0 radical (unpaired) electrons. The number of carbonyl (C=O) groups excluding carboxylic acids is 2. The zero-order valence-electron chi connectivity index (χ0n) is 60.5. The summed E-state index contributed by atoms with van der Waals surface area (Å²) in [6.45, 7) is 4.38. The van der Waals surface area contributed by atoms with Crippen LogP contribution in [0.25, 0.3) is 0 Å². The monoisotopic (exact) mass is 1300 g/mol. The number of rotatable bonds is 72. The molecule has 1 aliphatic heterocycles. The van der Waals surface area contributed by atoms with Crippen molar-refractivity contribution in [2.75, 3.05) is 19.8 Å². The number of hydrogen-bond acceptors (Lipinski definition) is 10. The molecule has 6 N–H and O–H groups in total. The molecule has 11 heteroatoms. The summed E-state index contributed by atoms with van der Waals surface area (Å²) < 4.78 is 16.8. The normalized spacial score (nSPS) is 17.7. The zero-order valence-corrected chi connectivity index (χ0v) is 60.5. The molecular formula is C81H153NO10. The van der Waals surface area contributed by atoms with Crippen molar-refractivity contribution in [3.8, 4) is 0 Å². The summed E-state index contributed by atoms with van der Waals surface area (Å²) in [7, 11) is 0. The van der Waals surface area contributed by atoms with Crippen LogP contribution in [0.2, 0.25) is 0 Å². The van der Waals surface area contributed by atoms with Gasteiger partial charge in [-0.05, 0) is 64.2 Å². The largest absolute Gasteiger partial charge is 0.466 e. The fraction of sp³-hybridized carbons (Fsp3) is 0.901. The SMILES string of the molecule is CCCCCCCCCC/C=C/C(O)C(COC1OC(CO)C(O)C(O)C1O)NC(=O)CCCCCCCCCCCCCCCCCCC/C=C\C/C=C\CCCCCCCCCCCCCOC(=O)CCCCCCCCCCCCCCCCCCCCC. The molecule has 0 bridgehead atoms. The van der Waals surface area contributed by atoms with E-state index in [2.05, 4.69) is 43.5 Å². The highest BCUT2D eigenvalue weighted by Gasteiger charge is 2.44.